The van der Waals surface area contributed by atoms with Crippen molar-refractivity contribution in [1.29, 1.82) is 0 Å². The van der Waals surface area contributed by atoms with Crippen LogP contribution in [0.15, 0.2) is 18.2 Å². The zero-order valence-electron chi connectivity index (χ0n) is 12.6. The molecule has 5 nitrogen and oxygen atoms in total. The molecule has 0 bridgehead atoms. The van der Waals surface area contributed by atoms with Gasteiger partial charge in [0.15, 0.2) is 0 Å². The lowest BCUT2D eigenvalue weighted by atomic mass is 10.1. The summed E-state index contributed by atoms with van der Waals surface area (Å²) < 4.78 is 26.2. The lowest BCUT2D eigenvalue weighted by Crippen LogP contribution is -2.35. The molecule has 1 aromatic carbocycles. The van der Waals surface area contributed by atoms with Gasteiger partial charge in [-0.2, -0.15) is 0 Å². The van der Waals surface area contributed by atoms with Crippen molar-refractivity contribution in [2.24, 2.45) is 0 Å². The maximum absolute atomic E-state index is 13.1. The number of hydrogen-bond acceptors (Lipinski definition) is 3. The van der Waals surface area contributed by atoms with Crippen LogP contribution in [0, 0.1) is 0 Å². The third-order valence-corrected chi connectivity index (χ3v) is 4.05. The van der Waals surface area contributed by atoms with Crippen LogP contribution in [-0.4, -0.2) is 36.9 Å². The average Bonchev–Trinajstić information content (AvgIpc) is 3.01. The Balaban J connectivity index is 0.00000192. The molecule has 0 radical (unpaired) electrons. The molecule has 0 saturated carbocycles. The maximum atomic E-state index is 13.1. The first-order valence-electron chi connectivity index (χ1n) is 7.19. The molecule has 1 aromatic rings. The van der Waals surface area contributed by atoms with E-state index in [1.54, 1.807) is 23.1 Å². The van der Waals surface area contributed by atoms with Crippen LogP contribution in [0.5, 0.6) is 0 Å². The molecule has 3 rings (SSSR count). The summed E-state index contributed by atoms with van der Waals surface area (Å²) in [5, 5.41) is 5.18. The number of hydrogen-bond donors (Lipinski definition) is 2. The van der Waals surface area contributed by atoms with E-state index in [0.717, 1.165) is 17.7 Å². The summed E-state index contributed by atoms with van der Waals surface area (Å²) in [6.45, 7) is 1.66. The Morgan fingerprint density at radius 2 is 2.13 bits per heavy atom. The van der Waals surface area contributed by atoms with Crippen LogP contribution in [0.2, 0.25) is 0 Å². The first-order valence-corrected chi connectivity index (χ1v) is 7.19. The van der Waals surface area contributed by atoms with E-state index in [0.29, 0.717) is 12.2 Å². The van der Waals surface area contributed by atoms with Crippen LogP contribution in [0.4, 0.5) is 20.2 Å². The largest absolute Gasteiger partial charge is 0.325 e. The summed E-state index contributed by atoms with van der Waals surface area (Å²) in [6, 6.07) is 4.38. The molecule has 1 atom stereocenters. The number of rotatable bonds is 2. The SMILES string of the molecule is CC(=O)N1CCc2cc(NC(=O)C3CC(F)(F)CN3)ccc21.Cl. The molecule has 2 aliphatic heterocycles. The molecule has 2 heterocycles. The first-order chi connectivity index (χ1) is 10.4. The van der Waals surface area contributed by atoms with Gasteiger partial charge in [-0.15, -0.1) is 12.4 Å². The monoisotopic (exact) mass is 345 g/mol. The molecular weight excluding hydrogens is 328 g/mol. The number of amides is 2. The summed E-state index contributed by atoms with van der Waals surface area (Å²) in [7, 11) is 0. The van der Waals surface area contributed by atoms with Crippen LogP contribution < -0.4 is 15.5 Å². The van der Waals surface area contributed by atoms with Gasteiger partial charge in [0.25, 0.3) is 5.92 Å². The number of halogens is 3. The standard InChI is InChI=1S/C15H17F2N3O2.ClH/c1-9(21)20-5-4-10-6-11(2-3-13(10)20)19-14(22)12-7-15(16,17)8-18-12;/h2-3,6,12,18H,4-5,7-8H2,1H3,(H,19,22);1H. The Hall–Kier alpha value is -1.73. The molecule has 126 valence electrons. The first kappa shape index (κ1) is 17.6. The van der Waals surface area contributed by atoms with E-state index < -0.39 is 30.8 Å². The molecular formula is C15H18ClF2N3O2. The summed E-state index contributed by atoms with van der Waals surface area (Å²) >= 11 is 0. The smallest absolute Gasteiger partial charge is 0.262 e. The number of carbonyl (C=O) groups excluding carboxylic acids is 2. The van der Waals surface area contributed by atoms with E-state index in [1.807, 2.05) is 0 Å². The lowest BCUT2D eigenvalue weighted by Gasteiger charge is -2.15. The van der Waals surface area contributed by atoms with Gasteiger partial charge in [-0.3, -0.25) is 14.9 Å². The van der Waals surface area contributed by atoms with Crippen molar-refractivity contribution in [3.63, 3.8) is 0 Å². The van der Waals surface area contributed by atoms with Crippen molar-refractivity contribution in [3.05, 3.63) is 23.8 Å². The van der Waals surface area contributed by atoms with Gasteiger partial charge in [0.05, 0.1) is 12.6 Å². The molecule has 8 heteroatoms. The fourth-order valence-electron chi connectivity index (χ4n) is 2.94. The molecule has 0 aliphatic carbocycles. The fraction of sp³-hybridized carbons (Fsp3) is 0.467. The van der Waals surface area contributed by atoms with Gasteiger partial charge in [0, 0.05) is 31.3 Å². The number of carbonyl (C=O) groups is 2. The second-order valence-corrected chi connectivity index (χ2v) is 5.75. The highest BCUT2D eigenvalue weighted by Crippen LogP contribution is 2.31. The van der Waals surface area contributed by atoms with Crippen LogP contribution in [-0.2, 0) is 16.0 Å². The summed E-state index contributed by atoms with van der Waals surface area (Å²) in [5.41, 5.74) is 2.37. The quantitative estimate of drug-likeness (QED) is 0.861. The van der Waals surface area contributed by atoms with E-state index >= 15 is 0 Å². The van der Waals surface area contributed by atoms with E-state index in [1.165, 1.54) is 6.92 Å². The van der Waals surface area contributed by atoms with Crippen LogP contribution >= 0.6 is 12.4 Å². The van der Waals surface area contributed by atoms with Gasteiger partial charge >= 0.3 is 0 Å². The van der Waals surface area contributed by atoms with Gasteiger partial charge in [0.1, 0.15) is 0 Å². The second-order valence-electron chi connectivity index (χ2n) is 5.75. The molecule has 0 spiro atoms. The Kier molecular flexibility index (Phi) is 4.91. The van der Waals surface area contributed by atoms with Crippen molar-refractivity contribution in [2.75, 3.05) is 23.3 Å². The normalized spacial score (nSPS) is 21.5. The van der Waals surface area contributed by atoms with Gasteiger partial charge < -0.3 is 10.2 Å². The van der Waals surface area contributed by atoms with Gasteiger partial charge in [-0.1, -0.05) is 0 Å². The molecule has 2 amide bonds. The minimum atomic E-state index is -2.83. The molecule has 1 saturated heterocycles. The third kappa shape index (κ3) is 3.61. The number of alkyl halides is 2. The van der Waals surface area contributed by atoms with Crippen LogP contribution in [0.3, 0.4) is 0 Å². The second kappa shape index (κ2) is 6.41. The lowest BCUT2D eigenvalue weighted by molar-refractivity contribution is -0.118. The summed E-state index contributed by atoms with van der Waals surface area (Å²) in [4.78, 5) is 25.2. The molecule has 2 N–H and O–H groups in total. The predicted molar refractivity (Wildman–Crippen MR) is 85.4 cm³/mol. The minimum absolute atomic E-state index is 0. The van der Waals surface area contributed by atoms with E-state index in [2.05, 4.69) is 10.6 Å². The zero-order valence-corrected chi connectivity index (χ0v) is 13.4. The predicted octanol–water partition coefficient (Wildman–Crippen LogP) is 1.95. The third-order valence-electron chi connectivity index (χ3n) is 4.05. The molecule has 0 aromatic heterocycles. The molecule has 2 aliphatic rings. The Morgan fingerprint density at radius 3 is 2.74 bits per heavy atom. The fourth-order valence-corrected chi connectivity index (χ4v) is 2.94. The van der Waals surface area contributed by atoms with Crippen molar-refractivity contribution in [2.45, 2.75) is 31.7 Å². The van der Waals surface area contributed by atoms with Gasteiger partial charge in [-0.25, -0.2) is 8.78 Å². The van der Waals surface area contributed by atoms with Gasteiger partial charge in [-0.05, 0) is 30.2 Å². The van der Waals surface area contributed by atoms with Gasteiger partial charge in [0.2, 0.25) is 11.8 Å². The molecule has 1 fully saturated rings. The highest BCUT2D eigenvalue weighted by atomic mass is 35.5. The number of anilines is 2. The van der Waals surface area contributed by atoms with Crippen LogP contribution in [0.1, 0.15) is 18.9 Å². The Bertz CT molecular complexity index is 639. The highest BCUT2D eigenvalue weighted by Gasteiger charge is 2.42. The highest BCUT2D eigenvalue weighted by molar-refractivity contribution is 5.97. The van der Waals surface area contributed by atoms with Crippen molar-refractivity contribution < 1.29 is 18.4 Å². The average molecular weight is 346 g/mol. The number of nitrogens with one attached hydrogen (secondary N) is 2. The van der Waals surface area contributed by atoms with Crippen molar-refractivity contribution in [3.8, 4) is 0 Å². The number of fused-ring (bicyclic) bond motifs is 1. The molecule has 1 unspecified atom stereocenters. The summed E-state index contributed by atoms with van der Waals surface area (Å²) in [5.74, 6) is -3.31. The number of nitrogens with zero attached hydrogens (tertiary/aromatic N) is 1. The van der Waals surface area contributed by atoms with Crippen molar-refractivity contribution in [1.82, 2.24) is 5.32 Å². The van der Waals surface area contributed by atoms with E-state index in [4.69, 9.17) is 0 Å². The topological polar surface area (TPSA) is 61.4 Å². The molecule has 23 heavy (non-hydrogen) atoms. The van der Waals surface area contributed by atoms with E-state index in [-0.39, 0.29) is 18.3 Å². The Morgan fingerprint density at radius 1 is 1.39 bits per heavy atom. The Labute approximate surface area is 138 Å². The maximum Gasteiger partial charge on any atom is 0.262 e. The van der Waals surface area contributed by atoms with Crippen LogP contribution in [0.25, 0.3) is 0 Å². The van der Waals surface area contributed by atoms with Crippen molar-refractivity contribution >= 4 is 35.6 Å². The number of benzene rings is 1. The summed E-state index contributed by atoms with van der Waals surface area (Å²) in [6.07, 6.45) is 0.236. The zero-order chi connectivity index (χ0) is 15.9. The minimum Gasteiger partial charge on any atom is -0.325 e. The van der Waals surface area contributed by atoms with E-state index in [9.17, 15) is 18.4 Å².